The van der Waals surface area contributed by atoms with Gasteiger partial charge in [-0.25, -0.2) is 0 Å². The Hall–Kier alpha value is -0.560. The molecular weight excluding hydrogens is 256 g/mol. The SMILES string of the molecule is C=CC(CCCC(C)C)COCC(C=C)CCCC(C)C. The van der Waals surface area contributed by atoms with Crippen molar-refractivity contribution in [2.24, 2.45) is 23.7 Å². The average Bonchev–Trinajstić information content (AvgIpc) is 2.43. The Morgan fingerprint density at radius 1 is 0.714 bits per heavy atom. The number of hydrogen-bond donors (Lipinski definition) is 0. The second kappa shape index (κ2) is 13.1. The van der Waals surface area contributed by atoms with E-state index in [0.29, 0.717) is 11.8 Å². The minimum absolute atomic E-state index is 0.505. The second-order valence-corrected chi connectivity index (χ2v) is 7.18. The van der Waals surface area contributed by atoms with Gasteiger partial charge in [0.15, 0.2) is 0 Å². The van der Waals surface area contributed by atoms with Crippen molar-refractivity contribution in [1.29, 1.82) is 0 Å². The van der Waals surface area contributed by atoms with Crippen molar-refractivity contribution in [3.05, 3.63) is 25.3 Å². The summed E-state index contributed by atoms with van der Waals surface area (Å²) in [7, 11) is 0. The summed E-state index contributed by atoms with van der Waals surface area (Å²) >= 11 is 0. The van der Waals surface area contributed by atoms with Crippen LogP contribution in [-0.4, -0.2) is 13.2 Å². The first-order valence-corrected chi connectivity index (χ1v) is 8.82. The van der Waals surface area contributed by atoms with Crippen LogP contribution in [0.15, 0.2) is 25.3 Å². The van der Waals surface area contributed by atoms with Crippen molar-refractivity contribution in [3.63, 3.8) is 0 Å². The molecule has 1 nitrogen and oxygen atoms in total. The summed E-state index contributed by atoms with van der Waals surface area (Å²) in [4.78, 5) is 0. The van der Waals surface area contributed by atoms with E-state index in [9.17, 15) is 0 Å². The van der Waals surface area contributed by atoms with Gasteiger partial charge >= 0.3 is 0 Å². The van der Waals surface area contributed by atoms with Gasteiger partial charge in [0, 0.05) is 0 Å². The van der Waals surface area contributed by atoms with Crippen molar-refractivity contribution in [1.82, 2.24) is 0 Å². The molecule has 0 spiro atoms. The van der Waals surface area contributed by atoms with Crippen molar-refractivity contribution in [2.45, 2.75) is 66.2 Å². The first-order chi connectivity index (χ1) is 9.99. The van der Waals surface area contributed by atoms with E-state index < -0.39 is 0 Å². The van der Waals surface area contributed by atoms with E-state index >= 15 is 0 Å². The monoisotopic (exact) mass is 294 g/mol. The molecule has 1 heteroatoms. The fraction of sp³-hybridized carbons (Fsp3) is 0.800. The van der Waals surface area contributed by atoms with Crippen LogP contribution in [0, 0.1) is 23.7 Å². The quantitative estimate of drug-likeness (QED) is 0.343. The predicted octanol–water partition coefficient (Wildman–Crippen LogP) is 6.26. The smallest absolute Gasteiger partial charge is 0.0528 e. The number of rotatable bonds is 14. The number of hydrogen-bond acceptors (Lipinski definition) is 1. The first kappa shape index (κ1) is 20.4. The summed E-state index contributed by atoms with van der Waals surface area (Å²) in [6.45, 7) is 18.7. The van der Waals surface area contributed by atoms with Gasteiger partial charge in [-0.3, -0.25) is 0 Å². The Morgan fingerprint density at radius 3 is 1.38 bits per heavy atom. The Balaban J connectivity index is 3.79. The van der Waals surface area contributed by atoms with Crippen molar-refractivity contribution in [3.8, 4) is 0 Å². The molecule has 0 aliphatic carbocycles. The summed E-state index contributed by atoms with van der Waals surface area (Å²) in [5.74, 6) is 2.60. The van der Waals surface area contributed by atoms with E-state index in [0.717, 1.165) is 25.0 Å². The van der Waals surface area contributed by atoms with Gasteiger partial charge < -0.3 is 4.74 Å². The fourth-order valence-corrected chi connectivity index (χ4v) is 2.49. The minimum Gasteiger partial charge on any atom is -0.380 e. The summed E-state index contributed by atoms with van der Waals surface area (Å²) in [6.07, 6.45) is 11.7. The minimum atomic E-state index is 0.505. The molecule has 124 valence electrons. The van der Waals surface area contributed by atoms with Crippen LogP contribution in [0.4, 0.5) is 0 Å². The van der Waals surface area contributed by atoms with E-state index in [1.807, 2.05) is 0 Å². The zero-order valence-corrected chi connectivity index (χ0v) is 14.9. The van der Waals surface area contributed by atoms with Crippen LogP contribution in [0.5, 0.6) is 0 Å². The van der Waals surface area contributed by atoms with Crippen LogP contribution >= 0.6 is 0 Å². The van der Waals surface area contributed by atoms with Crippen LogP contribution in [0.2, 0.25) is 0 Å². The van der Waals surface area contributed by atoms with Gasteiger partial charge in [0.2, 0.25) is 0 Å². The average molecular weight is 295 g/mol. The Labute approximate surface area is 133 Å². The van der Waals surface area contributed by atoms with E-state index in [4.69, 9.17) is 4.74 Å². The lowest BCUT2D eigenvalue weighted by Gasteiger charge is -2.17. The molecule has 0 saturated carbocycles. The molecule has 0 aromatic rings. The van der Waals surface area contributed by atoms with Crippen LogP contribution in [0.3, 0.4) is 0 Å². The maximum Gasteiger partial charge on any atom is 0.0528 e. The standard InChI is InChI=1S/C20H38O/c1-7-19(13-9-11-17(3)4)15-21-16-20(8-2)14-10-12-18(5)6/h7-8,17-20H,1-2,9-16H2,3-6H3. The van der Waals surface area contributed by atoms with Gasteiger partial charge in [-0.1, -0.05) is 65.5 Å². The lowest BCUT2D eigenvalue weighted by molar-refractivity contribution is 0.0874. The highest BCUT2D eigenvalue weighted by Crippen LogP contribution is 2.17. The zero-order chi connectivity index (χ0) is 16.1. The van der Waals surface area contributed by atoms with Crippen LogP contribution in [0.1, 0.15) is 66.2 Å². The molecule has 0 radical (unpaired) electrons. The zero-order valence-electron chi connectivity index (χ0n) is 14.9. The molecule has 0 bridgehead atoms. The van der Waals surface area contributed by atoms with Gasteiger partial charge in [-0.2, -0.15) is 0 Å². The molecule has 0 aromatic carbocycles. The molecule has 0 aromatic heterocycles. The lowest BCUT2D eigenvalue weighted by Crippen LogP contribution is -2.13. The molecule has 0 fully saturated rings. The van der Waals surface area contributed by atoms with Gasteiger partial charge in [-0.15, -0.1) is 13.2 Å². The third kappa shape index (κ3) is 12.9. The topological polar surface area (TPSA) is 9.23 Å². The molecule has 0 saturated heterocycles. The Bertz CT molecular complexity index is 229. The third-order valence-corrected chi connectivity index (χ3v) is 4.04. The van der Waals surface area contributed by atoms with Crippen molar-refractivity contribution < 1.29 is 4.74 Å². The fourth-order valence-electron chi connectivity index (χ4n) is 2.49. The van der Waals surface area contributed by atoms with E-state index in [-0.39, 0.29) is 0 Å². The second-order valence-electron chi connectivity index (χ2n) is 7.18. The van der Waals surface area contributed by atoms with Gasteiger partial charge in [0.25, 0.3) is 0 Å². The largest absolute Gasteiger partial charge is 0.380 e. The van der Waals surface area contributed by atoms with Gasteiger partial charge in [-0.05, 0) is 36.5 Å². The molecule has 0 aliphatic rings. The molecule has 0 amide bonds. The van der Waals surface area contributed by atoms with E-state index in [1.54, 1.807) is 0 Å². The molecule has 0 N–H and O–H groups in total. The maximum atomic E-state index is 5.91. The van der Waals surface area contributed by atoms with Crippen LogP contribution in [-0.2, 0) is 4.74 Å². The summed E-state index contributed by atoms with van der Waals surface area (Å²) < 4.78 is 5.91. The Kier molecular flexibility index (Phi) is 12.8. The Morgan fingerprint density at radius 2 is 1.10 bits per heavy atom. The highest BCUT2D eigenvalue weighted by atomic mass is 16.5. The summed E-state index contributed by atoms with van der Waals surface area (Å²) in [5.41, 5.74) is 0. The predicted molar refractivity (Wildman–Crippen MR) is 95.6 cm³/mol. The van der Waals surface area contributed by atoms with E-state index in [2.05, 4.69) is 53.0 Å². The highest BCUT2D eigenvalue weighted by molar-refractivity contribution is 4.81. The van der Waals surface area contributed by atoms with Crippen molar-refractivity contribution >= 4 is 0 Å². The molecule has 21 heavy (non-hydrogen) atoms. The summed E-state index contributed by atoms with van der Waals surface area (Å²) in [5, 5.41) is 0. The lowest BCUT2D eigenvalue weighted by atomic mass is 9.98. The molecule has 0 heterocycles. The molecule has 2 unspecified atom stereocenters. The highest BCUT2D eigenvalue weighted by Gasteiger charge is 2.09. The van der Waals surface area contributed by atoms with Gasteiger partial charge in [0.05, 0.1) is 13.2 Å². The molecule has 2 atom stereocenters. The molecular formula is C20H38O. The maximum absolute atomic E-state index is 5.91. The van der Waals surface area contributed by atoms with Crippen LogP contribution < -0.4 is 0 Å². The summed E-state index contributed by atoms with van der Waals surface area (Å²) in [6, 6.07) is 0. The normalized spacial score (nSPS) is 14.4. The van der Waals surface area contributed by atoms with Crippen LogP contribution in [0.25, 0.3) is 0 Å². The van der Waals surface area contributed by atoms with E-state index in [1.165, 1.54) is 38.5 Å². The van der Waals surface area contributed by atoms with Crippen molar-refractivity contribution in [2.75, 3.05) is 13.2 Å². The number of ether oxygens (including phenoxy) is 1. The van der Waals surface area contributed by atoms with Gasteiger partial charge in [0.1, 0.15) is 0 Å². The third-order valence-electron chi connectivity index (χ3n) is 4.04. The molecule has 0 rings (SSSR count). The first-order valence-electron chi connectivity index (χ1n) is 8.82. The molecule has 0 aliphatic heterocycles.